The topological polar surface area (TPSA) is 52.2 Å². The van der Waals surface area contributed by atoms with Crippen LogP contribution in [-0.4, -0.2) is 5.97 Å². The van der Waals surface area contributed by atoms with E-state index in [4.69, 9.17) is 0 Å². The first kappa shape index (κ1) is 14.1. The minimum absolute atomic E-state index is 0.169. The number of rotatable bonds is 6. The number of carboxylic acid groups (broad SMARTS) is 1. The van der Waals surface area contributed by atoms with Gasteiger partial charge in [-0.3, -0.25) is 0 Å². The molecule has 0 heterocycles. The Hall–Kier alpha value is -2.29. The Bertz CT molecular complexity index is 576. The number of hydrogen-bond donors (Lipinski definition) is 1. The quantitative estimate of drug-likeness (QED) is 0.875. The molecule has 0 unspecified atom stereocenters. The maximum Gasteiger partial charge on any atom is 0.0736 e. The van der Waals surface area contributed by atoms with E-state index in [1.165, 1.54) is 24.5 Å². The number of hydrogen-bond acceptors (Lipinski definition) is 3. The van der Waals surface area contributed by atoms with Crippen LogP contribution in [0.2, 0.25) is 0 Å². The Labute approximate surface area is 119 Å². The first-order chi connectivity index (χ1) is 9.70. The van der Waals surface area contributed by atoms with Gasteiger partial charge in [-0.15, -0.1) is 0 Å². The summed E-state index contributed by atoms with van der Waals surface area (Å²) in [6.07, 6.45) is 3.44. The minimum atomic E-state index is -1.17. The van der Waals surface area contributed by atoms with Crippen LogP contribution < -0.4 is 10.4 Å². The van der Waals surface area contributed by atoms with Crippen LogP contribution >= 0.6 is 0 Å². The second-order valence-electron chi connectivity index (χ2n) is 4.76. The van der Waals surface area contributed by atoms with Crippen molar-refractivity contribution < 1.29 is 9.90 Å². The summed E-state index contributed by atoms with van der Waals surface area (Å²) in [5.41, 5.74) is 2.89. The lowest BCUT2D eigenvalue weighted by Crippen LogP contribution is -2.23. The molecule has 2 aromatic rings. The van der Waals surface area contributed by atoms with E-state index < -0.39 is 5.97 Å². The number of aromatic carboxylic acids is 1. The summed E-state index contributed by atoms with van der Waals surface area (Å²) in [6, 6.07) is 14.8. The van der Waals surface area contributed by atoms with Gasteiger partial charge in [-0.1, -0.05) is 43.7 Å². The van der Waals surface area contributed by atoms with Crippen molar-refractivity contribution in [1.82, 2.24) is 0 Å². The monoisotopic (exact) mass is 268 g/mol. The third kappa shape index (κ3) is 3.60. The molecule has 104 valence electrons. The van der Waals surface area contributed by atoms with Crippen molar-refractivity contribution in [2.75, 3.05) is 5.32 Å². The van der Waals surface area contributed by atoms with Crippen LogP contribution in [-0.2, 0) is 6.42 Å². The lowest BCUT2D eigenvalue weighted by molar-refractivity contribution is -0.254. The largest absolute Gasteiger partial charge is 0.545 e. The predicted octanol–water partition coefficient (Wildman–Crippen LogP) is 3.14. The summed E-state index contributed by atoms with van der Waals surface area (Å²) in [5.74, 6) is -1.17. The van der Waals surface area contributed by atoms with E-state index >= 15 is 0 Å². The molecule has 0 saturated carbocycles. The number of nitrogens with one attached hydrogen (secondary N) is 1. The van der Waals surface area contributed by atoms with E-state index in [-0.39, 0.29) is 5.56 Å². The minimum Gasteiger partial charge on any atom is -0.545 e. The van der Waals surface area contributed by atoms with E-state index in [9.17, 15) is 9.90 Å². The first-order valence-corrected chi connectivity index (χ1v) is 6.87. The van der Waals surface area contributed by atoms with E-state index in [1.807, 2.05) is 12.1 Å². The van der Waals surface area contributed by atoms with Gasteiger partial charge >= 0.3 is 0 Å². The number of para-hydroxylation sites is 1. The molecule has 0 amide bonds. The zero-order valence-corrected chi connectivity index (χ0v) is 11.6. The molecule has 1 N–H and O–H groups in total. The molecule has 0 bridgehead atoms. The predicted molar refractivity (Wildman–Crippen MR) is 79.1 cm³/mol. The van der Waals surface area contributed by atoms with Gasteiger partial charge in [0, 0.05) is 16.9 Å². The summed E-state index contributed by atoms with van der Waals surface area (Å²) in [6.45, 7) is 2.17. The van der Waals surface area contributed by atoms with Gasteiger partial charge in [0.05, 0.1) is 5.97 Å². The first-order valence-electron chi connectivity index (χ1n) is 6.87. The van der Waals surface area contributed by atoms with Crippen LogP contribution in [0.25, 0.3) is 0 Å². The van der Waals surface area contributed by atoms with Crippen LogP contribution in [0.5, 0.6) is 0 Å². The number of carboxylic acids is 1. The van der Waals surface area contributed by atoms with Crippen molar-refractivity contribution in [2.45, 2.75) is 26.2 Å². The molecule has 0 atom stereocenters. The maximum atomic E-state index is 11.0. The molecule has 2 rings (SSSR count). The summed E-state index contributed by atoms with van der Waals surface area (Å²) in [4.78, 5) is 11.0. The molecule has 0 saturated heterocycles. The highest BCUT2D eigenvalue weighted by Crippen LogP contribution is 2.21. The molecule has 0 aliphatic carbocycles. The fourth-order valence-electron chi connectivity index (χ4n) is 2.06. The van der Waals surface area contributed by atoms with Crippen molar-refractivity contribution in [2.24, 2.45) is 0 Å². The van der Waals surface area contributed by atoms with Crippen molar-refractivity contribution in [3.05, 3.63) is 59.7 Å². The van der Waals surface area contributed by atoms with Gasteiger partial charge in [0.15, 0.2) is 0 Å². The van der Waals surface area contributed by atoms with Gasteiger partial charge in [-0.05, 0) is 36.6 Å². The summed E-state index contributed by atoms with van der Waals surface area (Å²) in [5, 5.41) is 14.1. The number of aryl methyl sites for hydroxylation is 1. The number of carbonyl (C=O) groups excluding carboxylic acids is 1. The molecular formula is C17H18NO2-. The molecular weight excluding hydrogens is 250 g/mol. The van der Waals surface area contributed by atoms with E-state index in [0.29, 0.717) is 5.69 Å². The molecule has 0 spiro atoms. The van der Waals surface area contributed by atoms with Crippen LogP contribution in [0, 0.1) is 0 Å². The molecule has 0 fully saturated rings. The summed E-state index contributed by atoms with van der Waals surface area (Å²) < 4.78 is 0. The number of carbonyl (C=O) groups is 1. The van der Waals surface area contributed by atoms with Gasteiger partial charge < -0.3 is 15.2 Å². The van der Waals surface area contributed by atoms with Crippen molar-refractivity contribution >= 4 is 17.3 Å². The second-order valence-corrected chi connectivity index (χ2v) is 4.76. The van der Waals surface area contributed by atoms with Crippen LogP contribution in [0.1, 0.15) is 35.7 Å². The summed E-state index contributed by atoms with van der Waals surface area (Å²) >= 11 is 0. The van der Waals surface area contributed by atoms with E-state index in [0.717, 1.165) is 12.1 Å². The molecule has 0 aliphatic rings. The van der Waals surface area contributed by atoms with E-state index in [2.05, 4.69) is 24.4 Å². The van der Waals surface area contributed by atoms with E-state index in [1.54, 1.807) is 18.2 Å². The van der Waals surface area contributed by atoms with Crippen molar-refractivity contribution in [3.63, 3.8) is 0 Å². The molecule has 3 heteroatoms. The number of benzene rings is 2. The van der Waals surface area contributed by atoms with Crippen LogP contribution in [0.4, 0.5) is 11.4 Å². The smallest absolute Gasteiger partial charge is 0.0736 e. The summed E-state index contributed by atoms with van der Waals surface area (Å²) in [7, 11) is 0. The van der Waals surface area contributed by atoms with Gasteiger partial charge in [-0.2, -0.15) is 0 Å². The van der Waals surface area contributed by atoms with Gasteiger partial charge in [-0.25, -0.2) is 0 Å². The lowest BCUT2D eigenvalue weighted by Gasteiger charge is -2.13. The zero-order valence-electron chi connectivity index (χ0n) is 11.6. The highest BCUT2D eigenvalue weighted by atomic mass is 16.4. The second kappa shape index (κ2) is 6.75. The highest BCUT2D eigenvalue weighted by Gasteiger charge is 2.02. The SMILES string of the molecule is CCCCc1ccc(Nc2ccccc2C(=O)[O-])cc1. The van der Waals surface area contributed by atoms with Crippen molar-refractivity contribution in [1.29, 1.82) is 0 Å². The fourth-order valence-corrected chi connectivity index (χ4v) is 2.06. The van der Waals surface area contributed by atoms with Crippen molar-refractivity contribution in [3.8, 4) is 0 Å². The number of unbranched alkanes of at least 4 members (excludes halogenated alkanes) is 1. The van der Waals surface area contributed by atoms with Crippen LogP contribution in [0.15, 0.2) is 48.5 Å². The Morgan fingerprint density at radius 3 is 2.45 bits per heavy atom. The lowest BCUT2D eigenvalue weighted by atomic mass is 10.1. The molecule has 0 aliphatic heterocycles. The van der Waals surface area contributed by atoms with Gasteiger partial charge in [0.2, 0.25) is 0 Å². The highest BCUT2D eigenvalue weighted by molar-refractivity contribution is 5.93. The molecule has 2 aromatic carbocycles. The standard InChI is InChI=1S/C17H19NO2/c1-2-3-6-13-9-11-14(12-10-13)18-16-8-5-4-7-15(16)17(19)20/h4-5,7-12,18H,2-3,6H2,1H3,(H,19,20)/p-1. The Balaban J connectivity index is 2.12. The zero-order chi connectivity index (χ0) is 14.4. The maximum absolute atomic E-state index is 11.0. The Kier molecular flexibility index (Phi) is 4.77. The molecule has 0 aromatic heterocycles. The molecule has 3 nitrogen and oxygen atoms in total. The third-order valence-electron chi connectivity index (χ3n) is 3.20. The number of anilines is 2. The average Bonchev–Trinajstić information content (AvgIpc) is 2.47. The molecule has 0 radical (unpaired) electrons. The normalized spacial score (nSPS) is 10.2. The molecule has 20 heavy (non-hydrogen) atoms. The van der Waals surface area contributed by atoms with Crippen LogP contribution in [0.3, 0.4) is 0 Å². The average molecular weight is 268 g/mol. The van der Waals surface area contributed by atoms with Gasteiger partial charge in [0.25, 0.3) is 0 Å². The Morgan fingerprint density at radius 1 is 1.10 bits per heavy atom. The Morgan fingerprint density at radius 2 is 1.80 bits per heavy atom. The fraction of sp³-hybridized carbons (Fsp3) is 0.235. The third-order valence-corrected chi connectivity index (χ3v) is 3.20. The van der Waals surface area contributed by atoms with Gasteiger partial charge in [0.1, 0.15) is 0 Å².